The van der Waals surface area contributed by atoms with E-state index in [0.717, 1.165) is 11.8 Å². The van der Waals surface area contributed by atoms with Gasteiger partial charge in [0.2, 0.25) is 5.76 Å². The fourth-order valence-electron chi connectivity index (χ4n) is 0.837. The van der Waals surface area contributed by atoms with E-state index in [1.807, 2.05) is 0 Å². The van der Waals surface area contributed by atoms with Crippen molar-refractivity contribution in [2.45, 2.75) is 10.3 Å². The van der Waals surface area contributed by atoms with E-state index in [1.165, 1.54) is 18.5 Å². The number of nitrogens with zero attached hydrogens (tertiary/aromatic N) is 1. The Morgan fingerprint density at radius 2 is 2.36 bits per heavy atom. The number of carboxylic acid groups (broad SMARTS) is 1. The van der Waals surface area contributed by atoms with Crippen LogP contribution in [0.1, 0.15) is 10.6 Å². The molecule has 0 fully saturated rings. The molecule has 0 unspecified atom stereocenters. The first kappa shape index (κ1) is 8.89. The number of carboxylic acids is 1. The SMILES string of the molecule is O=C(O)c1ccc(Sc2ncco2)o1. The molecule has 72 valence electrons. The van der Waals surface area contributed by atoms with Crippen LogP contribution in [0.15, 0.2) is 43.7 Å². The van der Waals surface area contributed by atoms with Gasteiger partial charge in [0.25, 0.3) is 5.22 Å². The predicted molar refractivity (Wildman–Crippen MR) is 46.3 cm³/mol. The average Bonchev–Trinajstić information content (AvgIpc) is 2.75. The molecule has 0 aliphatic heterocycles. The van der Waals surface area contributed by atoms with Crippen LogP contribution < -0.4 is 0 Å². The van der Waals surface area contributed by atoms with Gasteiger partial charge in [-0.15, -0.1) is 0 Å². The molecule has 14 heavy (non-hydrogen) atoms. The topological polar surface area (TPSA) is 76.5 Å². The summed E-state index contributed by atoms with van der Waals surface area (Å²) in [4.78, 5) is 14.3. The molecule has 2 aromatic rings. The Labute approximate surface area is 82.7 Å². The van der Waals surface area contributed by atoms with Gasteiger partial charge in [0.15, 0.2) is 5.09 Å². The first-order chi connectivity index (χ1) is 6.75. The van der Waals surface area contributed by atoms with Crippen LogP contribution in [-0.4, -0.2) is 16.1 Å². The number of oxazole rings is 1. The van der Waals surface area contributed by atoms with E-state index in [4.69, 9.17) is 13.9 Å². The Hall–Kier alpha value is -1.69. The summed E-state index contributed by atoms with van der Waals surface area (Å²) in [5, 5.41) is 9.43. The van der Waals surface area contributed by atoms with Gasteiger partial charge in [-0.05, 0) is 12.1 Å². The van der Waals surface area contributed by atoms with Gasteiger partial charge in [0, 0.05) is 11.8 Å². The van der Waals surface area contributed by atoms with Crippen molar-refractivity contribution in [1.82, 2.24) is 4.98 Å². The number of hydrogen-bond acceptors (Lipinski definition) is 5. The van der Waals surface area contributed by atoms with Crippen LogP contribution in [0.3, 0.4) is 0 Å². The van der Waals surface area contributed by atoms with Gasteiger partial charge in [-0.2, -0.15) is 0 Å². The number of furan rings is 1. The van der Waals surface area contributed by atoms with Crippen molar-refractivity contribution in [3.8, 4) is 0 Å². The Morgan fingerprint density at radius 3 is 2.93 bits per heavy atom. The minimum Gasteiger partial charge on any atom is -0.475 e. The third kappa shape index (κ3) is 1.80. The molecule has 0 radical (unpaired) electrons. The quantitative estimate of drug-likeness (QED) is 0.837. The summed E-state index contributed by atoms with van der Waals surface area (Å²) < 4.78 is 9.93. The lowest BCUT2D eigenvalue weighted by atomic mass is 10.5. The fraction of sp³-hybridized carbons (Fsp3) is 0. The average molecular weight is 211 g/mol. The zero-order valence-corrected chi connectivity index (χ0v) is 7.65. The van der Waals surface area contributed by atoms with E-state index in [-0.39, 0.29) is 5.76 Å². The van der Waals surface area contributed by atoms with Gasteiger partial charge in [-0.3, -0.25) is 0 Å². The largest absolute Gasteiger partial charge is 0.475 e. The van der Waals surface area contributed by atoms with Crippen molar-refractivity contribution in [3.05, 3.63) is 30.4 Å². The highest BCUT2D eigenvalue weighted by Crippen LogP contribution is 2.27. The molecular weight excluding hydrogens is 206 g/mol. The Balaban J connectivity index is 2.14. The van der Waals surface area contributed by atoms with Gasteiger partial charge in [-0.25, -0.2) is 9.78 Å². The Bertz CT molecular complexity index is 434. The summed E-state index contributed by atoms with van der Waals surface area (Å²) in [5.41, 5.74) is 0. The molecular formula is C8H5NO4S. The van der Waals surface area contributed by atoms with Gasteiger partial charge in [0.05, 0.1) is 6.20 Å². The lowest BCUT2D eigenvalue weighted by Crippen LogP contribution is -1.91. The third-order valence-electron chi connectivity index (χ3n) is 1.39. The van der Waals surface area contributed by atoms with Gasteiger partial charge < -0.3 is 13.9 Å². The maximum atomic E-state index is 10.5. The highest BCUT2D eigenvalue weighted by atomic mass is 32.2. The maximum absolute atomic E-state index is 10.5. The summed E-state index contributed by atoms with van der Waals surface area (Å²) in [6.45, 7) is 0. The molecule has 2 aromatic heterocycles. The summed E-state index contributed by atoms with van der Waals surface area (Å²) >= 11 is 1.12. The molecule has 0 saturated heterocycles. The number of carbonyl (C=O) groups is 1. The normalized spacial score (nSPS) is 10.3. The van der Waals surface area contributed by atoms with Crippen LogP contribution in [0.4, 0.5) is 0 Å². The van der Waals surface area contributed by atoms with E-state index in [2.05, 4.69) is 4.98 Å². The van der Waals surface area contributed by atoms with E-state index in [9.17, 15) is 4.79 Å². The van der Waals surface area contributed by atoms with Gasteiger partial charge in [0.1, 0.15) is 6.26 Å². The van der Waals surface area contributed by atoms with Gasteiger partial charge in [-0.1, -0.05) is 0 Å². The minimum atomic E-state index is -1.09. The first-order valence-corrected chi connectivity index (χ1v) is 4.48. The van der Waals surface area contributed by atoms with E-state index in [1.54, 1.807) is 6.07 Å². The number of aromatic nitrogens is 1. The molecule has 0 saturated carbocycles. The van der Waals surface area contributed by atoms with Crippen LogP contribution in [0.5, 0.6) is 0 Å². The van der Waals surface area contributed by atoms with Crippen LogP contribution in [0.2, 0.25) is 0 Å². The monoisotopic (exact) mass is 211 g/mol. The molecule has 0 aliphatic carbocycles. The molecule has 0 aliphatic rings. The number of hydrogen-bond donors (Lipinski definition) is 1. The molecule has 5 nitrogen and oxygen atoms in total. The Morgan fingerprint density at radius 1 is 1.50 bits per heavy atom. The molecule has 1 N–H and O–H groups in total. The summed E-state index contributed by atoms with van der Waals surface area (Å²) in [6, 6.07) is 2.94. The van der Waals surface area contributed by atoms with Crippen LogP contribution in [0.25, 0.3) is 0 Å². The lowest BCUT2D eigenvalue weighted by Gasteiger charge is -1.89. The van der Waals surface area contributed by atoms with E-state index in [0.29, 0.717) is 10.3 Å². The van der Waals surface area contributed by atoms with E-state index < -0.39 is 5.97 Å². The van der Waals surface area contributed by atoms with Crippen LogP contribution in [0, 0.1) is 0 Å². The lowest BCUT2D eigenvalue weighted by molar-refractivity contribution is 0.0656. The zero-order valence-electron chi connectivity index (χ0n) is 6.84. The van der Waals surface area contributed by atoms with Crippen molar-refractivity contribution < 1.29 is 18.7 Å². The summed E-state index contributed by atoms with van der Waals surface area (Å²) in [6.07, 6.45) is 2.94. The van der Waals surface area contributed by atoms with Crippen molar-refractivity contribution in [3.63, 3.8) is 0 Å². The molecule has 0 aromatic carbocycles. The smallest absolute Gasteiger partial charge is 0.371 e. The maximum Gasteiger partial charge on any atom is 0.371 e. The Kier molecular flexibility index (Phi) is 2.28. The second kappa shape index (κ2) is 3.59. The highest BCUT2D eigenvalue weighted by molar-refractivity contribution is 7.99. The summed E-state index contributed by atoms with van der Waals surface area (Å²) in [5.74, 6) is -1.19. The van der Waals surface area contributed by atoms with Crippen LogP contribution in [-0.2, 0) is 0 Å². The highest BCUT2D eigenvalue weighted by Gasteiger charge is 2.11. The molecule has 6 heteroatoms. The van der Waals surface area contributed by atoms with Gasteiger partial charge >= 0.3 is 5.97 Å². The minimum absolute atomic E-state index is 0.0981. The zero-order chi connectivity index (χ0) is 9.97. The molecule has 0 bridgehead atoms. The van der Waals surface area contributed by atoms with Crippen LogP contribution >= 0.6 is 11.8 Å². The van der Waals surface area contributed by atoms with Crippen molar-refractivity contribution >= 4 is 17.7 Å². The number of rotatable bonds is 3. The van der Waals surface area contributed by atoms with Crippen molar-refractivity contribution in [2.75, 3.05) is 0 Å². The first-order valence-electron chi connectivity index (χ1n) is 3.66. The third-order valence-corrected chi connectivity index (χ3v) is 2.19. The summed E-state index contributed by atoms with van der Waals surface area (Å²) in [7, 11) is 0. The van der Waals surface area contributed by atoms with E-state index >= 15 is 0 Å². The second-order valence-electron chi connectivity index (χ2n) is 2.32. The molecule has 2 heterocycles. The second-order valence-corrected chi connectivity index (χ2v) is 3.28. The molecule has 0 spiro atoms. The fourth-order valence-corrected chi connectivity index (χ4v) is 1.49. The number of aromatic carboxylic acids is 1. The van der Waals surface area contributed by atoms with Crippen molar-refractivity contribution in [1.29, 1.82) is 0 Å². The molecule has 0 atom stereocenters. The standard InChI is InChI=1S/C8H5NO4S/c10-7(11)5-1-2-6(13-5)14-8-9-3-4-12-8/h1-4H,(H,10,11). The molecule has 0 amide bonds. The predicted octanol–water partition coefficient (Wildman–Crippen LogP) is 2.12. The van der Waals surface area contributed by atoms with Crippen molar-refractivity contribution in [2.24, 2.45) is 0 Å². The molecule has 2 rings (SSSR count).